The van der Waals surface area contributed by atoms with E-state index in [0.717, 1.165) is 54.0 Å². The number of nitrogens with zero attached hydrogens (tertiary/aromatic N) is 1. The second-order valence-electron chi connectivity index (χ2n) is 8.56. The van der Waals surface area contributed by atoms with Crippen LogP contribution in [0.4, 0.5) is 5.69 Å². The summed E-state index contributed by atoms with van der Waals surface area (Å²) in [5, 5.41) is 3.49. The molecule has 2 amide bonds. The lowest BCUT2D eigenvalue weighted by Crippen LogP contribution is -2.35. The molecule has 1 fully saturated rings. The van der Waals surface area contributed by atoms with E-state index in [1.807, 2.05) is 47.4 Å². The maximum absolute atomic E-state index is 12.9. The molecule has 0 radical (unpaired) electrons. The lowest BCUT2D eigenvalue weighted by atomic mass is 10.1. The second-order valence-corrected chi connectivity index (χ2v) is 8.97. The lowest BCUT2D eigenvalue weighted by Gasteiger charge is -2.26. The smallest absolute Gasteiger partial charge is 0.255 e. The minimum atomic E-state index is -0.0636. The van der Waals surface area contributed by atoms with Gasteiger partial charge in [-0.2, -0.15) is 0 Å². The van der Waals surface area contributed by atoms with Gasteiger partial charge >= 0.3 is 0 Å². The van der Waals surface area contributed by atoms with E-state index in [-0.39, 0.29) is 17.7 Å². The SMILES string of the molecule is O=C(Nc1ccc(-c2cc3c(o2)CCN(C(=O)c2ccccc2Cl)C3)cc1)C1CCCC1. The fourth-order valence-corrected chi connectivity index (χ4v) is 4.82. The molecule has 2 heterocycles. The van der Waals surface area contributed by atoms with E-state index in [9.17, 15) is 9.59 Å². The summed E-state index contributed by atoms with van der Waals surface area (Å²) in [4.78, 5) is 27.1. The fraction of sp³-hybridized carbons (Fsp3) is 0.308. The van der Waals surface area contributed by atoms with Gasteiger partial charge in [-0.05, 0) is 55.3 Å². The quantitative estimate of drug-likeness (QED) is 0.538. The number of hydrogen-bond donors (Lipinski definition) is 1. The fourth-order valence-electron chi connectivity index (χ4n) is 4.60. The van der Waals surface area contributed by atoms with Gasteiger partial charge in [-0.25, -0.2) is 0 Å². The zero-order valence-corrected chi connectivity index (χ0v) is 18.5. The third kappa shape index (κ3) is 4.17. The Morgan fingerprint density at radius 1 is 1.03 bits per heavy atom. The molecule has 3 aromatic rings. The number of nitrogens with one attached hydrogen (secondary N) is 1. The van der Waals surface area contributed by atoms with Crippen molar-refractivity contribution in [3.8, 4) is 11.3 Å². The first-order chi connectivity index (χ1) is 15.6. The summed E-state index contributed by atoms with van der Waals surface area (Å²) < 4.78 is 6.10. The molecule has 1 aliphatic heterocycles. The summed E-state index contributed by atoms with van der Waals surface area (Å²) in [5.74, 6) is 1.89. The first kappa shape index (κ1) is 20.8. The topological polar surface area (TPSA) is 62.6 Å². The number of halogens is 1. The summed E-state index contributed by atoms with van der Waals surface area (Å²) >= 11 is 6.21. The van der Waals surface area contributed by atoms with Crippen LogP contribution in [-0.4, -0.2) is 23.3 Å². The van der Waals surface area contributed by atoms with E-state index < -0.39 is 0 Å². The Hall–Kier alpha value is -3.05. The van der Waals surface area contributed by atoms with Crippen molar-refractivity contribution in [3.63, 3.8) is 0 Å². The zero-order valence-electron chi connectivity index (χ0n) is 17.8. The van der Waals surface area contributed by atoms with Gasteiger partial charge in [-0.1, -0.05) is 36.6 Å². The first-order valence-electron chi connectivity index (χ1n) is 11.1. The van der Waals surface area contributed by atoms with Crippen molar-refractivity contribution in [2.75, 3.05) is 11.9 Å². The molecule has 0 saturated heterocycles. The standard InChI is InChI=1S/C26H25ClN2O3/c27-22-8-4-3-7-21(22)26(31)29-14-13-23-19(16-29)15-24(32-23)17-9-11-20(12-10-17)28-25(30)18-5-1-2-6-18/h3-4,7-12,15,18H,1-2,5-6,13-14,16H2,(H,28,30). The average Bonchev–Trinajstić information content (AvgIpc) is 3.49. The van der Waals surface area contributed by atoms with E-state index in [2.05, 4.69) is 5.32 Å². The van der Waals surface area contributed by atoms with Crippen LogP contribution in [0.5, 0.6) is 0 Å². The van der Waals surface area contributed by atoms with Crippen LogP contribution in [-0.2, 0) is 17.8 Å². The summed E-state index contributed by atoms with van der Waals surface area (Å²) in [6.45, 7) is 1.09. The lowest BCUT2D eigenvalue weighted by molar-refractivity contribution is -0.119. The summed E-state index contributed by atoms with van der Waals surface area (Å²) in [6, 6.07) is 16.9. The van der Waals surface area contributed by atoms with Gasteiger partial charge in [0.1, 0.15) is 11.5 Å². The van der Waals surface area contributed by atoms with Crippen LogP contribution in [0.15, 0.2) is 59.0 Å². The average molecular weight is 449 g/mol. The van der Waals surface area contributed by atoms with Crippen molar-refractivity contribution in [2.45, 2.75) is 38.6 Å². The van der Waals surface area contributed by atoms with Crippen LogP contribution < -0.4 is 5.32 Å². The first-order valence-corrected chi connectivity index (χ1v) is 11.5. The highest BCUT2D eigenvalue weighted by Gasteiger charge is 2.26. The van der Waals surface area contributed by atoms with Gasteiger partial charge in [0.25, 0.3) is 5.91 Å². The Labute approximate surface area is 192 Å². The normalized spacial score (nSPS) is 16.1. The minimum Gasteiger partial charge on any atom is -0.461 e. The van der Waals surface area contributed by atoms with Gasteiger partial charge < -0.3 is 14.6 Å². The number of fused-ring (bicyclic) bond motifs is 1. The van der Waals surface area contributed by atoms with Crippen LogP contribution in [0.25, 0.3) is 11.3 Å². The molecule has 164 valence electrons. The Bertz CT molecular complexity index is 1150. The maximum Gasteiger partial charge on any atom is 0.255 e. The van der Waals surface area contributed by atoms with E-state index in [1.54, 1.807) is 12.1 Å². The summed E-state index contributed by atoms with van der Waals surface area (Å²) in [7, 11) is 0. The number of furan rings is 1. The van der Waals surface area contributed by atoms with Crippen molar-refractivity contribution in [2.24, 2.45) is 5.92 Å². The molecular formula is C26H25ClN2O3. The van der Waals surface area contributed by atoms with Crippen LogP contribution in [0.1, 0.15) is 47.4 Å². The van der Waals surface area contributed by atoms with Crippen molar-refractivity contribution >= 4 is 29.1 Å². The Balaban J connectivity index is 1.28. The molecule has 1 aromatic heterocycles. The largest absolute Gasteiger partial charge is 0.461 e. The van der Waals surface area contributed by atoms with E-state index in [1.165, 1.54) is 0 Å². The predicted octanol–water partition coefficient (Wildman–Crippen LogP) is 5.93. The second kappa shape index (κ2) is 8.83. The number of hydrogen-bond acceptors (Lipinski definition) is 3. The third-order valence-corrected chi connectivity index (χ3v) is 6.75. The minimum absolute atomic E-state index is 0.0636. The van der Waals surface area contributed by atoms with Crippen LogP contribution >= 0.6 is 11.6 Å². The van der Waals surface area contributed by atoms with Gasteiger partial charge in [-0.3, -0.25) is 9.59 Å². The van der Waals surface area contributed by atoms with Crippen molar-refractivity contribution < 1.29 is 14.0 Å². The number of anilines is 1. The number of benzene rings is 2. The van der Waals surface area contributed by atoms with Crippen molar-refractivity contribution in [1.82, 2.24) is 4.90 Å². The number of carbonyl (C=O) groups excluding carboxylic acids is 2. The molecule has 6 heteroatoms. The molecule has 2 aliphatic rings. The monoisotopic (exact) mass is 448 g/mol. The number of carbonyl (C=O) groups is 2. The van der Waals surface area contributed by atoms with Gasteiger partial charge in [0.05, 0.1) is 10.6 Å². The van der Waals surface area contributed by atoms with Gasteiger partial charge in [0, 0.05) is 42.2 Å². The number of rotatable bonds is 4. The molecule has 0 bridgehead atoms. The van der Waals surface area contributed by atoms with Gasteiger partial charge in [-0.15, -0.1) is 0 Å². The highest BCUT2D eigenvalue weighted by molar-refractivity contribution is 6.33. The molecule has 0 spiro atoms. The number of amides is 2. The van der Waals surface area contributed by atoms with Crippen LogP contribution in [0, 0.1) is 5.92 Å². The highest BCUT2D eigenvalue weighted by Crippen LogP contribution is 2.32. The Kier molecular flexibility index (Phi) is 5.75. The van der Waals surface area contributed by atoms with Crippen molar-refractivity contribution in [1.29, 1.82) is 0 Å². The maximum atomic E-state index is 12.9. The van der Waals surface area contributed by atoms with Crippen LogP contribution in [0.3, 0.4) is 0 Å². The van der Waals surface area contributed by atoms with E-state index in [0.29, 0.717) is 30.1 Å². The molecule has 5 nitrogen and oxygen atoms in total. The molecule has 1 N–H and O–H groups in total. The van der Waals surface area contributed by atoms with Crippen LogP contribution in [0.2, 0.25) is 5.02 Å². The summed E-state index contributed by atoms with van der Waals surface area (Å²) in [5.41, 5.74) is 3.29. The predicted molar refractivity (Wildman–Crippen MR) is 125 cm³/mol. The van der Waals surface area contributed by atoms with E-state index >= 15 is 0 Å². The molecule has 1 saturated carbocycles. The molecule has 0 atom stereocenters. The Morgan fingerprint density at radius 2 is 1.78 bits per heavy atom. The van der Waals surface area contributed by atoms with Gasteiger partial charge in [0.15, 0.2) is 0 Å². The zero-order chi connectivity index (χ0) is 22.1. The molecule has 32 heavy (non-hydrogen) atoms. The molecule has 2 aromatic carbocycles. The van der Waals surface area contributed by atoms with E-state index in [4.69, 9.17) is 16.0 Å². The Morgan fingerprint density at radius 3 is 2.53 bits per heavy atom. The highest BCUT2D eigenvalue weighted by atomic mass is 35.5. The van der Waals surface area contributed by atoms with Gasteiger partial charge in [0.2, 0.25) is 5.91 Å². The van der Waals surface area contributed by atoms with Crippen molar-refractivity contribution in [3.05, 3.63) is 76.5 Å². The summed E-state index contributed by atoms with van der Waals surface area (Å²) in [6.07, 6.45) is 4.92. The molecule has 0 unspecified atom stereocenters. The molecular weight excluding hydrogens is 424 g/mol. The molecule has 5 rings (SSSR count). The third-order valence-electron chi connectivity index (χ3n) is 6.42. The molecule has 1 aliphatic carbocycles.